The van der Waals surface area contributed by atoms with Gasteiger partial charge >= 0.3 is 5.69 Å². The molecule has 0 saturated heterocycles. The van der Waals surface area contributed by atoms with Gasteiger partial charge in [0.05, 0.1) is 18.5 Å². The fraction of sp³-hybridized carbons (Fsp3) is 0.316. The zero-order chi connectivity index (χ0) is 16.8. The normalized spacial score (nSPS) is 22.4. The Labute approximate surface area is 143 Å². The Bertz CT molecular complexity index is 1050. The fourth-order valence-electron chi connectivity index (χ4n) is 3.90. The molecule has 0 saturated carbocycles. The highest BCUT2D eigenvalue weighted by Gasteiger charge is 2.28. The second kappa shape index (κ2) is 5.58. The van der Waals surface area contributed by atoms with Gasteiger partial charge in [-0.2, -0.15) is 0 Å². The van der Waals surface area contributed by atoms with E-state index >= 15 is 0 Å². The van der Waals surface area contributed by atoms with Gasteiger partial charge in [0.2, 0.25) is 0 Å². The molecule has 3 aromatic rings. The summed E-state index contributed by atoms with van der Waals surface area (Å²) >= 11 is 0. The largest absolute Gasteiger partial charge is 0.469 e. The van der Waals surface area contributed by atoms with Gasteiger partial charge in [-0.3, -0.25) is 4.57 Å². The lowest BCUT2D eigenvalue weighted by atomic mass is 9.93. The van der Waals surface area contributed by atoms with Crippen molar-refractivity contribution in [1.82, 2.24) is 19.5 Å². The first-order valence-corrected chi connectivity index (χ1v) is 8.68. The highest BCUT2D eigenvalue weighted by molar-refractivity contribution is 5.70. The summed E-state index contributed by atoms with van der Waals surface area (Å²) in [5, 5.41) is 0. The molecule has 5 rings (SSSR count). The lowest BCUT2D eigenvalue weighted by molar-refractivity contribution is 0.424. The summed E-state index contributed by atoms with van der Waals surface area (Å²) in [6.45, 7) is 0. The molecule has 2 unspecified atom stereocenters. The summed E-state index contributed by atoms with van der Waals surface area (Å²) in [6, 6.07) is 1.94. The summed E-state index contributed by atoms with van der Waals surface area (Å²) in [5.74, 6) is 1.89. The molecule has 0 spiro atoms. The number of nitrogens with zero attached hydrogens (tertiary/aromatic N) is 3. The van der Waals surface area contributed by atoms with Crippen LogP contribution in [0.2, 0.25) is 0 Å². The average molecular weight is 334 g/mol. The first kappa shape index (κ1) is 14.5. The maximum atomic E-state index is 12.6. The standard InChI is InChI=1S/C19H18N4O2/c24-19-21-14-11-20-17(12-5-2-1-3-6-12)22-18(14)23(19)15-7-4-8-16-13(15)9-10-25-16/h1-3,5,9-12,15H,4,6-8H2,(H,21,24). The van der Waals surface area contributed by atoms with Gasteiger partial charge in [0.1, 0.15) is 17.1 Å². The maximum absolute atomic E-state index is 12.6. The zero-order valence-electron chi connectivity index (χ0n) is 13.7. The molecule has 0 amide bonds. The summed E-state index contributed by atoms with van der Waals surface area (Å²) in [7, 11) is 0. The van der Waals surface area contributed by atoms with Gasteiger partial charge in [-0.25, -0.2) is 14.8 Å². The number of hydrogen-bond acceptors (Lipinski definition) is 4. The molecule has 2 atom stereocenters. The van der Waals surface area contributed by atoms with Crippen LogP contribution in [0.15, 0.2) is 52.0 Å². The number of fused-ring (bicyclic) bond motifs is 2. The monoisotopic (exact) mass is 334 g/mol. The summed E-state index contributed by atoms with van der Waals surface area (Å²) in [6.07, 6.45) is 15.4. The quantitative estimate of drug-likeness (QED) is 0.780. The molecule has 0 fully saturated rings. The van der Waals surface area contributed by atoms with Gasteiger partial charge in [0.25, 0.3) is 0 Å². The second-order valence-electron chi connectivity index (χ2n) is 6.63. The van der Waals surface area contributed by atoms with Gasteiger partial charge < -0.3 is 9.40 Å². The Morgan fingerprint density at radius 2 is 2.28 bits per heavy atom. The van der Waals surface area contributed by atoms with Crippen molar-refractivity contribution < 1.29 is 4.42 Å². The topological polar surface area (TPSA) is 76.7 Å². The van der Waals surface area contributed by atoms with Gasteiger partial charge in [-0.15, -0.1) is 0 Å². The van der Waals surface area contributed by atoms with Crippen molar-refractivity contribution in [3.05, 3.63) is 70.5 Å². The third kappa shape index (κ3) is 2.28. The lowest BCUT2D eigenvalue weighted by Crippen LogP contribution is -2.26. The van der Waals surface area contributed by atoms with Gasteiger partial charge in [-0.1, -0.05) is 24.3 Å². The number of aryl methyl sites for hydroxylation is 1. The molecule has 3 heterocycles. The number of allylic oxidation sites excluding steroid dienone is 4. The predicted molar refractivity (Wildman–Crippen MR) is 93.6 cm³/mol. The second-order valence-corrected chi connectivity index (χ2v) is 6.63. The van der Waals surface area contributed by atoms with Crippen molar-refractivity contribution >= 4 is 11.2 Å². The minimum Gasteiger partial charge on any atom is -0.469 e. The minimum atomic E-state index is -0.139. The molecule has 6 nitrogen and oxygen atoms in total. The first-order valence-electron chi connectivity index (χ1n) is 8.68. The van der Waals surface area contributed by atoms with Crippen molar-refractivity contribution in [1.29, 1.82) is 0 Å². The van der Waals surface area contributed by atoms with E-state index in [-0.39, 0.29) is 17.6 Å². The summed E-state index contributed by atoms with van der Waals surface area (Å²) in [5.41, 5.74) is 2.31. The van der Waals surface area contributed by atoms with Crippen molar-refractivity contribution in [2.75, 3.05) is 0 Å². The molecule has 25 heavy (non-hydrogen) atoms. The highest BCUT2D eigenvalue weighted by atomic mass is 16.3. The fourth-order valence-corrected chi connectivity index (χ4v) is 3.90. The Balaban J connectivity index is 1.66. The molecule has 3 aromatic heterocycles. The van der Waals surface area contributed by atoms with E-state index in [9.17, 15) is 4.79 Å². The number of H-pyrrole nitrogens is 1. The molecule has 2 aliphatic rings. The van der Waals surface area contributed by atoms with E-state index in [0.717, 1.165) is 42.8 Å². The van der Waals surface area contributed by atoms with E-state index < -0.39 is 0 Å². The Morgan fingerprint density at radius 1 is 1.32 bits per heavy atom. The van der Waals surface area contributed by atoms with Crippen molar-refractivity contribution in [3.63, 3.8) is 0 Å². The van der Waals surface area contributed by atoms with Crippen LogP contribution in [-0.4, -0.2) is 19.5 Å². The van der Waals surface area contributed by atoms with E-state index in [1.54, 1.807) is 17.0 Å². The van der Waals surface area contributed by atoms with E-state index in [0.29, 0.717) is 11.2 Å². The van der Waals surface area contributed by atoms with Crippen molar-refractivity contribution in [2.24, 2.45) is 0 Å². The van der Waals surface area contributed by atoms with Crippen molar-refractivity contribution in [2.45, 2.75) is 37.6 Å². The number of imidazole rings is 1. The Morgan fingerprint density at radius 3 is 3.16 bits per heavy atom. The molecule has 0 radical (unpaired) electrons. The maximum Gasteiger partial charge on any atom is 0.328 e. The van der Waals surface area contributed by atoms with Gasteiger partial charge in [0.15, 0.2) is 5.65 Å². The molecule has 126 valence electrons. The molecular formula is C19H18N4O2. The van der Waals surface area contributed by atoms with Crippen LogP contribution in [0.3, 0.4) is 0 Å². The van der Waals surface area contributed by atoms with Crippen LogP contribution in [0.25, 0.3) is 11.2 Å². The van der Waals surface area contributed by atoms with Crippen LogP contribution in [0.4, 0.5) is 0 Å². The van der Waals surface area contributed by atoms with E-state index in [1.807, 2.05) is 18.2 Å². The molecule has 0 bridgehead atoms. The number of rotatable bonds is 2. The minimum absolute atomic E-state index is 0.0340. The van der Waals surface area contributed by atoms with Crippen LogP contribution < -0.4 is 5.69 Å². The Hall–Kier alpha value is -2.89. The third-order valence-corrected chi connectivity index (χ3v) is 5.12. The molecule has 1 N–H and O–H groups in total. The molecular weight excluding hydrogens is 316 g/mol. The van der Waals surface area contributed by atoms with Crippen LogP contribution in [-0.2, 0) is 6.42 Å². The third-order valence-electron chi connectivity index (χ3n) is 5.12. The predicted octanol–water partition coefficient (Wildman–Crippen LogP) is 3.24. The van der Waals surface area contributed by atoms with E-state index in [2.05, 4.69) is 22.1 Å². The van der Waals surface area contributed by atoms with E-state index in [4.69, 9.17) is 9.40 Å². The summed E-state index contributed by atoms with van der Waals surface area (Å²) in [4.78, 5) is 24.8. The van der Waals surface area contributed by atoms with Crippen LogP contribution >= 0.6 is 0 Å². The summed E-state index contributed by atoms with van der Waals surface area (Å²) < 4.78 is 7.35. The van der Waals surface area contributed by atoms with Gasteiger partial charge in [-0.05, 0) is 25.3 Å². The number of hydrogen-bond donors (Lipinski definition) is 1. The molecule has 0 aromatic carbocycles. The number of aromatic nitrogens is 4. The Kier molecular flexibility index (Phi) is 3.23. The van der Waals surface area contributed by atoms with Gasteiger partial charge in [0, 0.05) is 17.9 Å². The van der Waals surface area contributed by atoms with Crippen LogP contribution in [0.5, 0.6) is 0 Å². The molecule has 0 aliphatic heterocycles. The highest BCUT2D eigenvalue weighted by Crippen LogP contribution is 2.34. The smallest absolute Gasteiger partial charge is 0.328 e. The number of aromatic amines is 1. The zero-order valence-corrected chi connectivity index (χ0v) is 13.7. The van der Waals surface area contributed by atoms with Crippen LogP contribution in [0, 0.1) is 0 Å². The SMILES string of the molecule is O=c1[nH]c2cnc(C3C=CC=CC3)nc2n1C1CCCc2occc21. The average Bonchev–Trinajstić information content (AvgIpc) is 3.25. The van der Waals surface area contributed by atoms with E-state index in [1.165, 1.54) is 0 Å². The lowest BCUT2D eigenvalue weighted by Gasteiger charge is -2.22. The number of nitrogens with one attached hydrogen (secondary N) is 1. The number of furan rings is 1. The first-order chi connectivity index (χ1) is 12.3. The molecule has 6 heteroatoms. The van der Waals surface area contributed by atoms with Crippen molar-refractivity contribution in [3.8, 4) is 0 Å². The van der Waals surface area contributed by atoms with Crippen LogP contribution in [0.1, 0.15) is 48.4 Å². The molecule has 2 aliphatic carbocycles.